The first-order valence-corrected chi connectivity index (χ1v) is 5.99. The Morgan fingerprint density at radius 1 is 1.16 bits per heavy atom. The fourth-order valence-electron chi connectivity index (χ4n) is 1.85. The Morgan fingerprint density at radius 2 is 1.95 bits per heavy atom. The molecule has 2 rings (SSSR count). The minimum Gasteiger partial charge on any atom is -0.496 e. The second-order valence-electron chi connectivity index (χ2n) is 4.13. The Bertz CT molecular complexity index is 558. The molecule has 3 nitrogen and oxygen atoms in total. The van der Waals surface area contributed by atoms with E-state index in [0.29, 0.717) is 23.4 Å². The average Bonchev–Trinajstić information content (AvgIpc) is 2.46. The van der Waals surface area contributed by atoms with Crippen LogP contribution >= 0.6 is 0 Å². The molecule has 0 saturated carbocycles. The van der Waals surface area contributed by atoms with Crippen molar-refractivity contribution in [1.82, 2.24) is 0 Å². The van der Waals surface area contributed by atoms with Gasteiger partial charge in [-0.2, -0.15) is 0 Å². The molecule has 0 amide bonds. The van der Waals surface area contributed by atoms with E-state index in [4.69, 9.17) is 4.74 Å². The van der Waals surface area contributed by atoms with E-state index in [0.717, 1.165) is 5.69 Å². The fraction of sp³-hybridized carbons (Fsp3) is 0.200. The van der Waals surface area contributed by atoms with Crippen LogP contribution in [-0.2, 0) is 13.2 Å². The van der Waals surface area contributed by atoms with Gasteiger partial charge in [0, 0.05) is 23.4 Å². The number of nitrogens with one attached hydrogen (secondary N) is 1. The molecule has 0 unspecified atom stereocenters. The number of aliphatic hydroxyl groups excluding tert-OH is 1. The molecule has 2 N–H and O–H groups in total. The number of aliphatic hydroxyl groups is 1. The number of halogens is 1. The highest BCUT2D eigenvalue weighted by molar-refractivity contribution is 5.51. The van der Waals surface area contributed by atoms with Crippen molar-refractivity contribution >= 4 is 5.69 Å². The minimum absolute atomic E-state index is 0.0988. The third-order valence-electron chi connectivity index (χ3n) is 2.89. The molecule has 0 aromatic heterocycles. The van der Waals surface area contributed by atoms with E-state index in [1.54, 1.807) is 37.4 Å². The van der Waals surface area contributed by atoms with Crippen molar-refractivity contribution in [2.24, 2.45) is 0 Å². The zero-order chi connectivity index (χ0) is 13.7. The van der Waals surface area contributed by atoms with Gasteiger partial charge in [-0.1, -0.05) is 18.2 Å². The maximum absolute atomic E-state index is 13.5. The van der Waals surface area contributed by atoms with Crippen LogP contribution in [0.4, 0.5) is 10.1 Å². The van der Waals surface area contributed by atoms with Gasteiger partial charge in [-0.05, 0) is 24.3 Å². The summed E-state index contributed by atoms with van der Waals surface area (Å²) in [5.41, 5.74) is 2.11. The highest BCUT2D eigenvalue weighted by Gasteiger charge is 2.04. The van der Waals surface area contributed by atoms with E-state index in [1.807, 2.05) is 6.07 Å². The second-order valence-corrected chi connectivity index (χ2v) is 4.13. The van der Waals surface area contributed by atoms with Gasteiger partial charge in [-0.25, -0.2) is 4.39 Å². The van der Waals surface area contributed by atoms with Crippen LogP contribution in [0.1, 0.15) is 11.1 Å². The molecule has 19 heavy (non-hydrogen) atoms. The third-order valence-corrected chi connectivity index (χ3v) is 2.89. The molecule has 2 aromatic carbocycles. The van der Waals surface area contributed by atoms with E-state index >= 15 is 0 Å². The summed E-state index contributed by atoms with van der Waals surface area (Å²) in [6.45, 7) is 0.294. The van der Waals surface area contributed by atoms with Crippen molar-refractivity contribution < 1.29 is 14.2 Å². The SMILES string of the molecule is COc1ccc(NCc2ccccc2F)cc1CO. The molecule has 0 aliphatic rings. The van der Waals surface area contributed by atoms with E-state index in [9.17, 15) is 9.50 Å². The standard InChI is InChI=1S/C15H16FNO2/c1-19-15-7-6-13(8-12(15)10-18)17-9-11-4-2-3-5-14(11)16/h2-8,17-18H,9-10H2,1H3. The van der Waals surface area contributed by atoms with Crippen molar-refractivity contribution in [3.05, 3.63) is 59.4 Å². The number of anilines is 1. The number of hydrogen-bond donors (Lipinski definition) is 2. The zero-order valence-corrected chi connectivity index (χ0v) is 10.7. The van der Waals surface area contributed by atoms with Crippen LogP contribution in [0.25, 0.3) is 0 Å². The number of benzene rings is 2. The van der Waals surface area contributed by atoms with Crippen LogP contribution in [-0.4, -0.2) is 12.2 Å². The summed E-state index contributed by atoms with van der Waals surface area (Å²) in [6.07, 6.45) is 0. The van der Waals surface area contributed by atoms with Crippen LogP contribution in [0.2, 0.25) is 0 Å². The van der Waals surface area contributed by atoms with Gasteiger partial charge in [0.2, 0.25) is 0 Å². The molecular formula is C15H16FNO2. The quantitative estimate of drug-likeness (QED) is 0.869. The number of rotatable bonds is 5. The van der Waals surface area contributed by atoms with Crippen LogP contribution < -0.4 is 10.1 Å². The van der Waals surface area contributed by atoms with Gasteiger partial charge in [-0.15, -0.1) is 0 Å². The Kier molecular flexibility index (Phi) is 4.36. The van der Waals surface area contributed by atoms with Crippen molar-refractivity contribution in [3.63, 3.8) is 0 Å². The summed E-state index contributed by atoms with van der Waals surface area (Å²) >= 11 is 0. The van der Waals surface area contributed by atoms with Crippen LogP contribution in [0.15, 0.2) is 42.5 Å². The van der Waals surface area contributed by atoms with E-state index < -0.39 is 0 Å². The van der Waals surface area contributed by atoms with Gasteiger partial charge >= 0.3 is 0 Å². The van der Waals surface area contributed by atoms with Gasteiger partial charge in [0.1, 0.15) is 11.6 Å². The first-order chi connectivity index (χ1) is 9.24. The highest BCUT2D eigenvalue weighted by atomic mass is 19.1. The number of ether oxygens (including phenoxy) is 1. The van der Waals surface area contributed by atoms with Gasteiger partial charge < -0.3 is 15.2 Å². The maximum Gasteiger partial charge on any atom is 0.128 e. The lowest BCUT2D eigenvalue weighted by Gasteiger charge is -2.11. The molecule has 0 aliphatic carbocycles. The molecule has 0 bridgehead atoms. The topological polar surface area (TPSA) is 41.5 Å². The second kappa shape index (κ2) is 6.20. The van der Waals surface area contributed by atoms with Crippen LogP contribution in [0, 0.1) is 5.82 Å². The zero-order valence-electron chi connectivity index (χ0n) is 10.7. The fourth-order valence-corrected chi connectivity index (χ4v) is 1.85. The number of hydrogen-bond acceptors (Lipinski definition) is 3. The summed E-state index contributed by atoms with van der Waals surface area (Å²) in [5.74, 6) is 0.407. The first kappa shape index (κ1) is 13.4. The summed E-state index contributed by atoms with van der Waals surface area (Å²) in [6, 6.07) is 12.0. The first-order valence-electron chi connectivity index (χ1n) is 5.99. The van der Waals surface area contributed by atoms with Crippen molar-refractivity contribution in [3.8, 4) is 5.75 Å². The summed E-state index contributed by atoms with van der Waals surface area (Å²) in [5, 5.41) is 12.4. The largest absolute Gasteiger partial charge is 0.496 e. The van der Waals surface area contributed by atoms with Gasteiger partial charge in [-0.3, -0.25) is 0 Å². The molecular weight excluding hydrogens is 245 g/mol. The van der Waals surface area contributed by atoms with Gasteiger partial charge in [0.25, 0.3) is 0 Å². The van der Waals surface area contributed by atoms with Crippen molar-refractivity contribution in [1.29, 1.82) is 0 Å². The predicted octanol–water partition coefficient (Wildman–Crippen LogP) is 2.94. The Balaban J connectivity index is 2.10. The molecule has 0 radical (unpaired) electrons. The maximum atomic E-state index is 13.5. The Hall–Kier alpha value is -2.07. The van der Waals surface area contributed by atoms with Crippen molar-refractivity contribution in [2.75, 3.05) is 12.4 Å². The molecule has 100 valence electrons. The summed E-state index contributed by atoms with van der Waals surface area (Å²) < 4.78 is 18.6. The molecule has 0 aliphatic heterocycles. The van der Waals surface area contributed by atoms with Crippen molar-refractivity contribution in [2.45, 2.75) is 13.2 Å². The summed E-state index contributed by atoms with van der Waals surface area (Å²) in [4.78, 5) is 0. The summed E-state index contributed by atoms with van der Waals surface area (Å²) in [7, 11) is 1.56. The Morgan fingerprint density at radius 3 is 2.63 bits per heavy atom. The van der Waals surface area contributed by atoms with Crippen LogP contribution in [0.5, 0.6) is 5.75 Å². The minimum atomic E-state index is -0.231. The lowest BCUT2D eigenvalue weighted by molar-refractivity contribution is 0.274. The normalized spacial score (nSPS) is 10.3. The molecule has 0 saturated heterocycles. The highest BCUT2D eigenvalue weighted by Crippen LogP contribution is 2.23. The van der Waals surface area contributed by atoms with Crippen LogP contribution in [0.3, 0.4) is 0 Å². The van der Waals surface area contributed by atoms with E-state index in [1.165, 1.54) is 6.07 Å². The molecule has 2 aromatic rings. The molecule has 0 heterocycles. The molecule has 0 fully saturated rings. The average molecular weight is 261 g/mol. The predicted molar refractivity (Wildman–Crippen MR) is 72.6 cm³/mol. The molecule has 4 heteroatoms. The monoisotopic (exact) mass is 261 g/mol. The van der Waals surface area contributed by atoms with E-state index in [2.05, 4.69) is 5.32 Å². The van der Waals surface area contributed by atoms with E-state index in [-0.39, 0.29) is 12.4 Å². The Labute approximate surface area is 111 Å². The van der Waals surface area contributed by atoms with Gasteiger partial charge in [0.15, 0.2) is 0 Å². The smallest absolute Gasteiger partial charge is 0.128 e. The molecule has 0 spiro atoms. The third kappa shape index (κ3) is 3.23. The van der Waals surface area contributed by atoms with Gasteiger partial charge in [0.05, 0.1) is 13.7 Å². The lowest BCUT2D eigenvalue weighted by Crippen LogP contribution is -2.02. The lowest BCUT2D eigenvalue weighted by atomic mass is 10.1. The molecule has 0 atom stereocenters. The number of methoxy groups -OCH3 is 1.